The van der Waals surface area contributed by atoms with Gasteiger partial charge in [0.15, 0.2) is 0 Å². The molecule has 0 saturated carbocycles. The van der Waals surface area contributed by atoms with Crippen molar-refractivity contribution in [3.63, 3.8) is 0 Å². The van der Waals surface area contributed by atoms with E-state index in [9.17, 15) is 0 Å². The zero-order valence-corrected chi connectivity index (χ0v) is 14.7. The summed E-state index contributed by atoms with van der Waals surface area (Å²) in [4.78, 5) is 0. The van der Waals surface area contributed by atoms with Crippen molar-refractivity contribution in [2.75, 3.05) is 7.11 Å². The van der Waals surface area contributed by atoms with Gasteiger partial charge in [0.25, 0.3) is 0 Å². The summed E-state index contributed by atoms with van der Waals surface area (Å²) in [6.07, 6.45) is 0. The lowest BCUT2D eigenvalue weighted by Gasteiger charge is -2.16. The molecule has 0 fully saturated rings. The van der Waals surface area contributed by atoms with E-state index in [0.29, 0.717) is 17.5 Å². The third-order valence-corrected chi connectivity index (χ3v) is 3.95. The SMILES string of the molecule is COc1ccc(Cl)cc1COc1ccc(Br)cc1C(C)C. The molecule has 0 N–H and O–H groups in total. The topological polar surface area (TPSA) is 18.5 Å². The Bertz CT molecular complexity index is 626. The molecule has 2 aromatic carbocycles. The van der Waals surface area contributed by atoms with E-state index in [4.69, 9.17) is 21.1 Å². The predicted octanol–water partition coefficient (Wildman–Crippen LogP) is 5.81. The molecule has 0 unspecified atom stereocenters. The Kier molecular flexibility index (Phi) is 5.54. The second-order valence-corrected chi connectivity index (χ2v) is 6.43. The average molecular weight is 370 g/mol. The lowest BCUT2D eigenvalue weighted by atomic mass is 10.0. The third-order valence-electron chi connectivity index (χ3n) is 3.22. The van der Waals surface area contributed by atoms with Crippen molar-refractivity contribution in [1.82, 2.24) is 0 Å². The minimum atomic E-state index is 0.388. The molecule has 2 rings (SSSR count). The lowest BCUT2D eigenvalue weighted by Crippen LogP contribution is -2.02. The van der Waals surface area contributed by atoms with E-state index in [1.165, 1.54) is 5.56 Å². The maximum absolute atomic E-state index is 6.04. The van der Waals surface area contributed by atoms with Crippen LogP contribution in [0.2, 0.25) is 5.02 Å². The quantitative estimate of drug-likeness (QED) is 0.661. The van der Waals surface area contributed by atoms with Crippen LogP contribution < -0.4 is 9.47 Å². The van der Waals surface area contributed by atoms with Gasteiger partial charge < -0.3 is 9.47 Å². The summed E-state index contributed by atoms with van der Waals surface area (Å²) < 4.78 is 12.4. The number of rotatable bonds is 5. The van der Waals surface area contributed by atoms with Gasteiger partial charge in [-0.15, -0.1) is 0 Å². The van der Waals surface area contributed by atoms with Gasteiger partial charge in [-0.3, -0.25) is 0 Å². The maximum atomic E-state index is 6.04. The van der Waals surface area contributed by atoms with Gasteiger partial charge in [0, 0.05) is 15.1 Å². The fourth-order valence-electron chi connectivity index (χ4n) is 2.12. The first-order valence-electron chi connectivity index (χ1n) is 6.76. The van der Waals surface area contributed by atoms with E-state index >= 15 is 0 Å². The minimum absolute atomic E-state index is 0.388. The van der Waals surface area contributed by atoms with Crippen LogP contribution in [0.15, 0.2) is 40.9 Å². The van der Waals surface area contributed by atoms with Crippen molar-refractivity contribution in [2.24, 2.45) is 0 Å². The normalized spacial score (nSPS) is 10.8. The maximum Gasteiger partial charge on any atom is 0.125 e. The van der Waals surface area contributed by atoms with Crippen LogP contribution in [0.4, 0.5) is 0 Å². The Morgan fingerprint density at radius 1 is 1.10 bits per heavy atom. The summed E-state index contributed by atoms with van der Waals surface area (Å²) in [5, 5.41) is 0.675. The molecule has 2 aromatic rings. The van der Waals surface area contributed by atoms with E-state index in [-0.39, 0.29) is 0 Å². The summed E-state index contributed by atoms with van der Waals surface area (Å²) in [5.41, 5.74) is 2.10. The van der Waals surface area contributed by atoms with Crippen LogP contribution in [0.25, 0.3) is 0 Å². The molecule has 0 bridgehead atoms. The second kappa shape index (κ2) is 7.19. The van der Waals surface area contributed by atoms with E-state index in [1.54, 1.807) is 7.11 Å². The highest BCUT2D eigenvalue weighted by Crippen LogP contribution is 2.31. The Morgan fingerprint density at radius 2 is 1.81 bits per heavy atom. The first-order valence-corrected chi connectivity index (χ1v) is 7.93. The average Bonchev–Trinajstić information content (AvgIpc) is 2.46. The molecule has 0 atom stereocenters. The van der Waals surface area contributed by atoms with Crippen LogP contribution in [-0.2, 0) is 6.61 Å². The monoisotopic (exact) mass is 368 g/mol. The van der Waals surface area contributed by atoms with Crippen LogP contribution in [0.3, 0.4) is 0 Å². The van der Waals surface area contributed by atoms with Gasteiger partial charge in [0.2, 0.25) is 0 Å². The molecular weight excluding hydrogens is 352 g/mol. The van der Waals surface area contributed by atoms with E-state index < -0.39 is 0 Å². The first-order chi connectivity index (χ1) is 10.0. The van der Waals surface area contributed by atoms with Gasteiger partial charge in [-0.2, -0.15) is 0 Å². The Balaban J connectivity index is 2.22. The standard InChI is InChI=1S/C17H18BrClO2/c1-11(2)15-9-13(18)4-6-17(15)21-10-12-8-14(19)5-7-16(12)20-3/h4-9,11H,10H2,1-3H3. The van der Waals surface area contributed by atoms with Crippen molar-refractivity contribution in [1.29, 1.82) is 0 Å². The van der Waals surface area contributed by atoms with Gasteiger partial charge in [-0.05, 0) is 47.9 Å². The number of hydrogen-bond donors (Lipinski definition) is 0. The van der Waals surface area contributed by atoms with Gasteiger partial charge in [0.05, 0.1) is 7.11 Å². The lowest BCUT2D eigenvalue weighted by molar-refractivity contribution is 0.293. The zero-order valence-electron chi connectivity index (χ0n) is 12.3. The van der Waals surface area contributed by atoms with Crippen molar-refractivity contribution in [3.8, 4) is 11.5 Å². The van der Waals surface area contributed by atoms with Crippen LogP contribution in [-0.4, -0.2) is 7.11 Å². The van der Waals surface area contributed by atoms with E-state index in [2.05, 4.69) is 35.8 Å². The van der Waals surface area contributed by atoms with Crippen molar-refractivity contribution < 1.29 is 9.47 Å². The highest BCUT2D eigenvalue weighted by molar-refractivity contribution is 9.10. The molecule has 4 heteroatoms. The first kappa shape index (κ1) is 16.2. The van der Waals surface area contributed by atoms with Crippen LogP contribution in [0.1, 0.15) is 30.9 Å². The number of benzene rings is 2. The predicted molar refractivity (Wildman–Crippen MR) is 90.6 cm³/mol. The summed E-state index contributed by atoms with van der Waals surface area (Å²) in [6, 6.07) is 11.6. The molecule has 0 aromatic heterocycles. The van der Waals surface area contributed by atoms with Crippen LogP contribution in [0, 0.1) is 0 Å². The number of ether oxygens (including phenoxy) is 2. The molecule has 0 radical (unpaired) electrons. The van der Waals surface area contributed by atoms with Crippen LogP contribution >= 0.6 is 27.5 Å². The molecule has 0 amide bonds. The fraction of sp³-hybridized carbons (Fsp3) is 0.294. The Hall–Kier alpha value is -1.19. The highest BCUT2D eigenvalue weighted by Gasteiger charge is 2.10. The molecule has 0 aliphatic carbocycles. The van der Waals surface area contributed by atoms with Gasteiger partial charge in [0.1, 0.15) is 18.1 Å². The number of hydrogen-bond acceptors (Lipinski definition) is 2. The van der Waals surface area contributed by atoms with Gasteiger partial charge in [-0.25, -0.2) is 0 Å². The smallest absolute Gasteiger partial charge is 0.125 e. The summed E-state index contributed by atoms with van der Waals surface area (Å²) in [7, 11) is 1.64. The molecule has 21 heavy (non-hydrogen) atoms. The van der Waals surface area contributed by atoms with E-state index in [0.717, 1.165) is 21.5 Å². The summed E-state index contributed by atoms with van der Waals surface area (Å²) >= 11 is 9.54. The van der Waals surface area contributed by atoms with Gasteiger partial charge in [-0.1, -0.05) is 41.4 Å². The molecular formula is C17H18BrClO2. The molecule has 0 saturated heterocycles. The van der Waals surface area contributed by atoms with Gasteiger partial charge >= 0.3 is 0 Å². The second-order valence-electron chi connectivity index (χ2n) is 5.08. The molecule has 2 nitrogen and oxygen atoms in total. The molecule has 0 aliphatic rings. The Labute approximate surface area is 139 Å². The fourth-order valence-corrected chi connectivity index (χ4v) is 2.69. The van der Waals surface area contributed by atoms with Crippen molar-refractivity contribution >= 4 is 27.5 Å². The van der Waals surface area contributed by atoms with Crippen LogP contribution in [0.5, 0.6) is 11.5 Å². The molecule has 0 heterocycles. The van der Waals surface area contributed by atoms with E-state index in [1.807, 2.05) is 30.3 Å². The molecule has 0 aliphatic heterocycles. The van der Waals surface area contributed by atoms with Crippen molar-refractivity contribution in [2.45, 2.75) is 26.4 Å². The number of methoxy groups -OCH3 is 1. The third kappa shape index (κ3) is 4.14. The van der Waals surface area contributed by atoms with Crippen molar-refractivity contribution in [3.05, 3.63) is 57.0 Å². The Morgan fingerprint density at radius 3 is 2.48 bits per heavy atom. The molecule has 112 valence electrons. The summed E-state index contributed by atoms with van der Waals surface area (Å²) in [5.74, 6) is 2.05. The number of halogens is 2. The zero-order chi connectivity index (χ0) is 15.4. The summed E-state index contributed by atoms with van der Waals surface area (Å²) in [6.45, 7) is 4.72. The molecule has 0 spiro atoms. The highest BCUT2D eigenvalue weighted by atomic mass is 79.9. The largest absolute Gasteiger partial charge is 0.496 e. The minimum Gasteiger partial charge on any atom is -0.496 e.